The van der Waals surface area contributed by atoms with Crippen LogP contribution in [-0.2, 0) is 4.74 Å². The topological polar surface area (TPSA) is 78.8 Å². The van der Waals surface area contributed by atoms with Gasteiger partial charge in [-0.3, -0.25) is 5.32 Å². The van der Waals surface area contributed by atoms with Crippen molar-refractivity contribution < 1.29 is 19.7 Å². The summed E-state index contributed by atoms with van der Waals surface area (Å²) >= 11 is 0. The van der Waals surface area contributed by atoms with Crippen LogP contribution in [0.5, 0.6) is 5.75 Å². The van der Waals surface area contributed by atoms with Crippen LogP contribution in [0.15, 0.2) is 24.3 Å². The SMILES string of the molecule is CC(C)(C)OC(=O)Nc1ccc(O)c(/C=C/CO)c1. The maximum Gasteiger partial charge on any atom is 0.412 e. The normalized spacial score (nSPS) is 11.6. The number of ether oxygens (including phenoxy) is 1. The summed E-state index contributed by atoms with van der Waals surface area (Å²) in [5, 5.41) is 20.9. The number of hydrogen-bond donors (Lipinski definition) is 3. The summed E-state index contributed by atoms with van der Waals surface area (Å²) in [6.07, 6.45) is 2.50. The fraction of sp³-hybridized carbons (Fsp3) is 0.357. The lowest BCUT2D eigenvalue weighted by atomic mass is 10.1. The highest BCUT2D eigenvalue weighted by Crippen LogP contribution is 2.23. The van der Waals surface area contributed by atoms with Gasteiger partial charge in [0.25, 0.3) is 0 Å². The third-order valence-electron chi connectivity index (χ3n) is 2.08. The first-order valence-electron chi connectivity index (χ1n) is 5.92. The summed E-state index contributed by atoms with van der Waals surface area (Å²) in [7, 11) is 0. The molecule has 1 rings (SSSR count). The molecule has 19 heavy (non-hydrogen) atoms. The van der Waals surface area contributed by atoms with Gasteiger partial charge in [0.05, 0.1) is 6.61 Å². The molecule has 1 amide bonds. The van der Waals surface area contributed by atoms with E-state index in [9.17, 15) is 9.90 Å². The second-order valence-electron chi connectivity index (χ2n) is 4.99. The predicted octanol–water partition coefficient (Wildman–Crippen LogP) is 2.74. The van der Waals surface area contributed by atoms with Crippen molar-refractivity contribution in [2.45, 2.75) is 26.4 Å². The zero-order chi connectivity index (χ0) is 14.5. The third kappa shape index (κ3) is 5.44. The molecular weight excluding hydrogens is 246 g/mol. The van der Waals surface area contributed by atoms with Crippen LogP contribution >= 0.6 is 0 Å². The summed E-state index contributed by atoms with van der Waals surface area (Å²) < 4.78 is 5.12. The first-order valence-corrected chi connectivity index (χ1v) is 5.92. The smallest absolute Gasteiger partial charge is 0.412 e. The van der Waals surface area contributed by atoms with Crippen LogP contribution in [0, 0.1) is 0 Å². The molecule has 0 bridgehead atoms. The molecule has 0 spiro atoms. The number of phenols is 1. The highest BCUT2D eigenvalue weighted by atomic mass is 16.6. The molecule has 5 nitrogen and oxygen atoms in total. The molecule has 0 radical (unpaired) electrons. The van der Waals surface area contributed by atoms with E-state index >= 15 is 0 Å². The Kier molecular flexibility index (Phi) is 4.94. The summed E-state index contributed by atoms with van der Waals surface area (Å²) in [6.45, 7) is 5.21. The van der Waals surface area contributed by atoms with E-state index in [4.69, 9.17) is 9.84 Å². The average Bonchev–Trinajstić information content (AvgIpc) is 2.27. The number of rotatable bonds is 3. The number of carbonyl (C=O) groups is 1. The Labute approximate surface area is 112 Å². The Hall–Kier alpha value is -2.01. The van der Waals surface area contributed by atoms with Crippen molar-refractivity contribution in [3.8, 4) is 5.75 Å². The molecule has 0 heterocycles. The summed E-state index contributed by atoms with van der Waals surface area (Å²) in [4.78, 5) is 11.6. The number of benzene rings is 1. The van der Waals surface area contributed by atoms with Crippen LogP contribution in [0.25, 0.3) is 6.08 Å². The molecule has 0 fully saturated rings. The standard InChI is InChI=1S/C14H19NO4/c1-14(2,3)19-13(18)15-11-6-7-12(17)10(9-11)5-4-8-16/h4-7,9,16-17H,8H2,1-3H3,(H,15,18)/b5-4+. The minimum Gasteiger partial charge on any atom is -0.507 e. The van der Waals surface area contributed by atoms with Crippen molar-refractivity contribution >= 4 is 17.9 Å². The van der Waals surface area contributed by atoms with Crippen molar-refractivity contribution in [1.29, 1.82) is 0 Å². The molecule has 0 aliphatic heterocycles. The van der Waals surface area contributed by atoms with E-state index in [-0.39, 0.29) is 12.4 Å². The molecule has 104 valence electrons. The van der Waals surface area contributed by atoms with Crippen molar-refractivity contribution in [2.24, 2.45) is 0 Å². The van der Waals surface area contributed by atoms with E-state index in [0.717, 1.165) is 0 Å². The first kappa shape index (κ1) is 15.0. The second kappa shape index (κ2) is 6.24. The number of nitrogens with one attached hydrogen (secondary N) is 1. The molecular formula is C14H19NO4. The average molecular weight is 265 g/mol. The van der Waals surface area contributed by atoms with E-state index in [1.807, 2.05) is 0 Å². The van der Waals surface area contributed by atoms with Gasteiger partial charge in [0, 0.05) is 11.3 Å². The third-order valence-corrected chi connectivity index (χ3v) is 2.08. The highest BCUT2D eigenvalue weighted by molar-refractivity contribution is 5.85. The molecule has 0 saturated heterocycles. The minimum atomic E-state index is -0.569. The van der Waals surface area contributed by atoms with E-state index in [0.29, 0.717) is 11.3 Å². The van der Waals surface area contributed by atoms with Crippen LogP contribution in [0.4, 0.5) is 10.5 Å². The molecule has 0 aromatic heterocycles. The van der Waals surface area contributed by atoms with Gasteiger partial charge < -0.3 is 14.9 Å². The Bertz CT molecular complexity index is 475. The Balaban J connectivity index is 2.80. The Morgan fingerprint density at radius 3 is 2.68 bits per heavy atom. The van der Waals surface area contributed by atoms with Crippen molar-refractivity contribution in [3.05, 3.63) is 29.8 Å². The molecule has 1 aromatic rings. The number of aliphatic hydroxyl groups is 1. The molecule has 5 heteroatoms. The van der Waals surface area contributed by atoms with Gasteiger partial charge in [0.15, 0.2) is 0 Å². The van der Waals surface area contributed by atoms with Gasteiger partial charge in [0.2, 0.25) is 0 Å². The Morgan fingerprint density at radius 2 is 2.11 bits per heavy atom. The van der Waals surface area contributed by atoms with Gasteiger partial charge >= 0.3 is 6.09 Å². The minimum absolute atomic E-state index is 0.0689. The lowest BCUT2D eigenvalue weighted by Crippen LogP contribution is -2.27. The second-order valence-corrected chi connectivity index (χ2v) is 4.99. The number of amides is 1. The number of carbonyl (C=O) groups excluding carboxylic acids is 1. The van der Waals surface area contributed by atoms with E-state index in [1.54, 1.807) is 39.0 Å². The summed E-state index contributed by atoms with van der Waals surface area (Å²) in [5.74, 6) is 0.0689. The number of aliphatic hydroxyl groups excluding tert-OH is 1. The van der Waals surface area contributed by atoms with Gasteiger partial charge in [0.1, 0.15) is 11.4 Å². The van der Waals surface area contributed by atoms with Crippen molar-refractivity contribution in [1.82, 2.24) is 0 Å². The zero-order valence-corrected chi connectivity index (χ0v) is 11.3. The van der Waals surface area contributed by atoms with Crippen LogP contribution in [-0.4, -0.2) is 28.5 Å². The Morgan fingerprint density at radius 1 is 1.42 bits per heavy atom. The van der Waals surface area contributed by atoms with Gasteiger partial charge in [-0.05, 0) is 39.0 Å². The van der Waals surface area contributed by atoms with Gasteiger partial charge in [-0.1, -0.05) is 12.2 Å². The molecule has 0 atom stereocenters. The van der Waals surface area contributed by atoms with Crippen LogP contribution in [0.2, 0.25) is 0 Å². The molecule has 0 saturated carbocycles. The lowest BCUT2D eigenvalue weighted by Gasteiger charge is -2.19. The molecule has 0 aliphatic carbocycles. The fourth-order valence-corrected chi connectivity index (χ4v) is 1.37. The quantitative estimate of drug-likeness (QED) is 0.734. The zero-order valence-electron chi connectivity index (χ0n) is 11.3. The van der Waals surface area contributed by atoms with Crippen molar-refractivity contribution in [3.63, 3.8) is 0 Å². The van der Waals surface area contributed by atoms with E-state index < -0.39 is 11.7 Å². The molecule has 3 N–H and O–H groups in total. The van der Waals surface area contributed by atoms with E-state index in [2.05, 4.69) is 5.32 Å². The summed E-state index contributed by atoms with van der Waals surface area (Å²) in [5.41, 5.74) is 0.438. The van der Waals surface area contributed by atoms with Crippen molar-refractivity contribution in [2.75, 3.05) is 11.9 Å². The largest absolute Gasteiger partial charge is 0.507 e. The van der Waals surface area contributed by atoms with E-state index in [1.165, 1.54) is 12.1 Å². The monoisotopic (exact) mass is 265 g/mol. The number of hydrogen-bond acceptors (Lipinski definition) is 4. The summed E-state index contributed by atoms with van der Waals surface area (Å²) in [6, 6.07) is 4.62. The van der Waals surface area contributed by atoms with Crippen LogP contribution in [0.1, 0.15) is 26.3 Å². The first-order chi connectivity index (χ1) is 8.81. The lowest BCUT2D eigenvalue weighted by molar-refractivity contribution is 0.0636. The maximum absolute atomic E-state index is 11.6. The molecule has 0 unspecified atom stereocenters. The molecule has 0 aliphatic rings. The number of phenolic OH excluding ortho intramolecular Hbond substituents is 1. The molecule has 1 aromatic carbocycles. The maximum atomic E-state index is 11.6. The van der Waals surface area contributed by atoms with Gasteiger partial charge in [-0.15, -0.1) is 0 Å². The van der Waals surface area contributed by atoms with Gasteiger partial charge in [-0.25, -0.2) is 4.79 Å². The van der Waals surface area contributed by atoms with Gasteiger partial charge in [-0.2, -0.15) is 0 Å². The fourth-order valence-electron chi connectivity index (χ4n) is 1.37. The number of aromatic hydroxyl groups is 1. The van der Waals surface area contributed by atoms with Crippen LogP contribution in [0.3, 0.4) is 0 Å². The van der Waals surface area contributed by atoms with Crippen LogP contribution < -0.4 is 5.32 Å². The predicted molar refractivity (Wildman–Crippen MR) is 74.1 cm³/mol. The number of anilines is 1. The highest BCUT2D eigenvalue weighted by Gasteiger charge is 2.16.